The first-order valence-electron chi connectivity index (χ1n) is 10.5. The van der Waals surface area contributed by atoms with E-state index in [2.05, 4.69) is 20.3 Å². The van der Waals surface area contributed by atoms with Gasteiger partial charge < -0.3 is 15.0 Å². The maximum atomic E-state index is 13.9. The van der Waals surface area contributed by atoms with Crippen molar-refractivity contribution in [1.82, 2.24) is 19.5 Å². The van der Waals surface area contributed by atoms with E-state index in [4.69, 9.17) is 4.74 Å². The van der Waals surface area contributed by atoms with Gasteiger partial charge in [-0.15, -0.1) is 0 Å². The number of H-pyrrole nitrogens is 1. The lowest BCUT2D eigenvalue weighted by atomic mass is 9.95. The minimum absolute atomic E-state index is 0.0873. The number of benzene rings is 1. The molecule has 164 valence electrons. The van der Waals surface area contributed by atoms with Crippen LogP contribution in [0.3, 0.4) is 0 Å². The van der Waals surface area contributed by atoms with Crippen molar-refractivity contribution < 1.29 is 13.9 Å². The number of imidazole rings is 1. The minimum atomic E-state index is -0.695. The van der Waals surface area contributed by atoms with Crippen LogP contribution in [0.15, 0.2) is 29.2 Å². The molecule has 0 amide bonds. The van der Waals surface area contributed by atoms with Crippen LogP contribution in [0.2, 0.25) is 0 Å². The predicted molar refractivity (Wildman–Crippen MR) is 115 cm³/mol. The number of carbonyl (C=O) groups excluding carboxylic acids is 1. The van der Waals surface area contributed by atoms with Gasteiger partial charge in [0, 0.05) is 6.04 Å². The third-order valence-electron chi connectivity index (χ3n) is 5.24. The van der Waals surface area contributed by atoms with Crippen molar-refractivity contribution >= 4 is 28.8 Å². The largest absolute Gasteiger partial charge is 0.456 e. The summed E-state index contributed by atoms with van der Waals surface area (Å²) >= 11 is 0. The summed E-state index contributed by atoms with van der Waals surface area (Å²) in [7, 11) is 0. The number of carbonyl (C=O) groups is 1. The van der Waals surface area contributed by atoms with Crippen LogP contribution in [-0.2, 0) is 4.74 Å². The van der Waals surface area contributed by atoms with E-state index in [1.807, 2.05) is 0 Å². The Morgan fingerprint density at radius 3 is 2.71 bits per heavy atom. The normalized spacial score (nSPS) is 15.2. The van der Waals surface area contributed by atoms with E-state index in [-0.39, 0.29) is 28.9 Å². The van der Waals surface area contributed by atoms with Crippen molar-refractivity contribution in [2.24, 2.45) is 0 Å². The number of aromatic nitrogens is 4. The van der Waals surface area contributed by atoms with E-state index in [0.717, 1.165) is 25.7 Å². The maximum absolute atomic E-state index is 13.9. The van der Waals surface area contributed by atoms with Crippen molar-refractivity contribution in [3.05, 3.63) is 46.3 Å². The third-order valence-corrected chi connectivity index (χ3v) is 5.24. The van der Waals surface area contributed by atoms with Gasteiger partial charge in [0.15, 0.2) is 5.65 Å². The number of nitrogens with one attached hydrogen (secondary N) is 2. The number of hydrogen-bond acceptors (Lipinski definition) is 6. The SMILES string of the molecule is CC(C)(C)OC(=O)c1ccc(F)cc1Nc1ncc2[nH]c(=O)n(C3CCCCC3)c2n1. The molecule has 31 heavy (non-hydrogen) atoms. The van der Waals surface area contributed by atoms with Gasteiger partial charge in [-0.05, 0) is 51.8 Å². The Labute approximate surface area is 178 Å². The average molecular weight is 427 g/mol. The van der Waals surface area contributed by atoms with Crippen molar-refractivity contribution in [3.8, 4) is 0 Å². The Balaban J connectivity index is 1.70. The van der Waals surface area contributed by atoms with Crippen LogP contribution in [0, 0.1) is 5.82 Å². The summed E-state index contributed by atoms with van der Waals surface area (Å²) in [6.45, 7) is 5.28. The Bertz CT molecular complexity index is 1170. The second kappa shape index (κ2) is 8.13. The lowest BCUT2D eigenvalue weighted by Gasteiger charge is -2.22. The minimum Gasteiger partial charge on any atom is -0.456 e. The van der Waals surface area contributed by atoms with Crippen LogP contribution < -0.4 is 11.0 Å². The molecule has 1 aliphatic carbocycles. The maximum Gasteiger partial charge on any atom is 0.340 e. The molecule has 0 radical (unpaired) electrons. The summed E-state index contributed by atoms with van der Waals surface area (Å²) in [6, 6.07) is 3.84. The van der Waals surface area contributed by atoms with Gasteiger partial charge in [0.1, 0.15) is 16.9 Å². The molecule has 9 heteroatoms. The highest BCUT2D eigenvalue weighted by atomic mass is 19.1. The molecule has 2 aromatic heterocycles. The number of fused-ring (bicyclic) bond motifs is 1. The number of hydrogen-bond donors (Lipinski definition) is 2. The van der Waals surface area contributed by atoms with Gasteiger partial charge in [-0.1, -0.05) is 19.3 Å². The van der Waals surface area contributed by atoms with Crippen molar-refractivity contribution in [2.75, 3.05) is 5.32 Å². The topological polar surface area (TPSA) is 102 Å². The predicted octanol–water partition coefficient (Wildman–Crippen LogP) is 4.46. The fourth-order valence-electron chi connectivity index (χ4n) is 3.91. The highest BCUT2D eigenvalue weighted by Gasteiger charge is 2.23. The fourth-order valence-corrected chi connectivity index (χ4v) is 3.91. The van der Waals surface area contributed by atoms with E-state index in [9.17, 15) is 14.0 Å². The molecule has 0 atom stereocenters. The molecule has 0 saturated heterocycles. The van der Waals surface area contributed by atoms with Gasteiger partial charge in [0.25, 0.3) is 0 Å². The van der Waals surface area contributed by atoms with E-state index in [1.54, 1.807) is 25.3 Å². The molecule has 1 saturated carbocycles. The van der Waals surface area contributed by atoms with Crippen molar-refractivity contribution in [2.45, 2.75) is 64.5 Å². The standard InChI is InChI=1S/C22H26FN5O3/c1-22(2,3)31-19(29)15-10-9-13(23)11-16(15)25-20-24-12-17-18(27-20)28(21(30)26-17)14-7-5-4-6-8-14/h9-12,14H,4-8H2,1-3H3,(H,26,30)(H,24,25,27). The van der Waals surface area contributed by atoms with Crippen LogP contribution in [0.25, 0.3) is 11.2 Å². The van der Waals surface area contributed by atoms with Crippen LogP contribution in [0.5, 0.6) is 0 Å². The first-order valence-corrected chi connectivity index (χ1v) is 10.5. The van der Waals surface area contributed by atoms with Gasteiger partial charge >= 0.3 is 11.7 Å². The second-order valence-electron chi connectivity index (χ2n) is 8.84. The molecule has 3 aromatic rings. The summed E-state index contributed by atoms with van der Waals surface area (Å²) < 4.78 is 21.0. The molecule has 0 unspecified atom stereocenters. The molecule has 2 heterocycles. The fraction of sp³-hybridized carbons (Fsp3) is 0.455. The van der Waals surface area contributed by atoms with E-state index >= 15 is 0 Å². The van der Waals surface area contributed by atoms with Gasteiger partial charge in [-0.3, -0.25) is 4.57 Å². The molecule has 4 rings (SSSR count). The van der Waals surface area contributed by atoms with Gasteiger partial charge in [0.2, 0.25) is 5.95 Å². The lowest BCUT2D eigenvalue weighted by Crippen LogP contribution is -2.24. The Kier molecular flexibility index (Phi) is 5.51. The number of rotatable bonds is 4. The summed E-state index contributed by atoms with van der Waals surface area (Å²) in [5.41, 5.74) is 0.472. The number of ether oxygens (including phenoxy) is 1. The molecule has 8 nitrogen and oxygen atoms in total. The van der Waals surface area contributed by atoms with Crippen molar-refractivity contribution in [3.63, 3.8) is 0 Å². The third kappa shape index (κ3) is 4.60. The Morgan fingerprint density at radius 1 is 1.26 bits per heavy atom. The first-order chi connectivity index (χ1) is 14.7. The van der Waals surface area contributed by atoms with Gasteiger partial charge in [-0.25, -0.2) is 19.0 Å². The summed E-state index contributed by atoms with van der Waals surface area (Å²) in [4.78, 5) is 36.7. The number of halogens is 1. The van der Waals surface area contributed by atoms with Crippen LogP contribution >= 0.6 is 0 Å². The van der Waals surface area contributed by atoms with Gasteiger partial charge in [0.05, 0.1) is 17.4 Å². The summed E-state index contributed by atoms with van der Waals surface area (Å²) in [5.74, 6) is -0.944. The van der Waals surface area contributed by atoms with Crippen molar-refractivity contribution in [1.29, 1.82) is 0 Å². The second-order valence-corrected chi connectivity index (χ2v) is 8.84. The van der Waals surface area contributed by atoms with E-state index < -0.39 is 17.4 Å². The zero-order valence-corrected chi connectivity index (χ0v) is 17.9. The molecule has 1 aliphatic rings. The molecule has 2 N–H and O–H groups in total. The van der Waals surface area contributed by atoms with Crippen LogP contribution in [0.4, 0.5) is 16.0 Å². The van der Waals surface area contributed by atoms with Gasteiger partial charge in [-0.2, -0.15) is 4.98 Å². The summed E-state index contributed by atoms with van der Waals surface area (Å²) in [6.07, 6.45) is 6.67. The molecule has 0 bridgehead atoms. The lowest BCUT2D eigenvalue weighted by molar-refractivity contribution is 0.00707. The molecular weight excluding hydrogens is 401 g/mol. The zero-order chi connectivity index (χ0) is 22.2. The Hall–Kier alpha value is -3.23. The monoisotopic (exact) mass is 427 g/mol. The van der Waals surface area contributed by atoms with E-state index in [0.29, 0.717) is 11.2 Å². The molecule has 1 fully saturated rings. The number of esters is 1. The van der Waals surface area contributed by atoms with E-state index in [1.165, 1.54) is 30.8 Å². The molecule has 0 aliphatic heterocycles. The highest BCUT2D eigenvalue weighted by molar-refractivity contribution is 5.96. The van der Waals surface area contributed by atoms with Crippen LogP contribution in [0.1, 0.15) is 69.3 Å². The Morgan fingerprint density at radius 2 is 2.00 bits per heavy atom. The quantitative estimate of drug-likeness (QED) is 0.596. The highest BCUT2D eigenvalue weighted by Crippen LogP contribution is 2.29. The zero-order valence-electron chi connectivity index (χ0n) is 17.9. The molecular formula is C22H26FN5O3. The summed E-state index contributed by atoms with van der Waals surface area (Å²) in [5, 5.41) is 2.92. The smallest absolute Gasteiger partial charge is 0.340 e. The van der Waals surface area contributed by atoms with Crippen LogP contribution in [-0.4, -0.2) is 31.1 Å². The molecule has 1 aromatic carbocycles. The molecule has 0 spiro atoms. The number of nitrogens with zero attached hydrogens (tertiary/aromatic N) is 3. The first kappa shape index (κ1) is 21.0. The number of aromatic amines is 1. The average Bonchev–Trinajstić information content (AvgIpc) is 3.02. The number of anilines is 2.